The predicted molar refractivity (Wildman–Crippen MR) is 61.9 cm³/mol. The van der Waals surface area contributed by atoms with Crippen LogP contribution in [0.5, 0.6) is 0 Å². The highest BCUT2D eigenvalue weighted by atomic mass is 16.6. The van der Waals surface area contributed by atoms with Crippen molar-refractivity contribution in [3.63, 3.8) is 0 Å². The third-order valence-corrected chi connectivity index (χ3v) is 1.72. The summed E-state index contributed by atoms with van der Waals surface area (Å²) >= 11 is 0. The molecule has 0 saturated carbocycles. The summed E-state index contributed by atoms with van der Waals surface area (Å²) in [6.07, 6.45) is -0.683. The van der Waals surface area contributed by atoms with E-state index in [4.69, 9.17) is 9.84 Å². The lowest BCUT2D eigenvalue weighted by atomic mass is 10.1. The van der Waals surface area contributed by atoms with Crippen LogP contribution in [0.4, 0.5) is 4.79 Å². The minimum absolute atomic E-state index is 0.125. The molecule has 0 bridgehead atoms. The normalized spacial score (nSPS) is 13.3. The van der Waals surface area contributed by atoms with E-state index >= 15 is 0 Å². The molecule has 0 aromatic carbocycles. The van der Waals surface area contributed by atoms with E-state index in [0.29, 0.717) is 0 Å². The molecule has 0 aromatic rings. The Balaban J connectivity index is 3.98. The van der Waals surface area contributed by atoms with Crippen molar-refractivity contribution in [2.75, 3.05) is 0 Å². The highest BCUT2D eigenvalue weighted by molar-refractivity contribution is 5.73. The van der Waals surface area contributed by atoms with E-state index in [2.05, 4.69) is 16.4 Å². The molecule has 100 valence electrons. The molecular weight excluding hydrogens is 226 g/mol. The molecule has 4 N–H and O–H groups in total. The number of aliphatic carboxylic acids is 1. The van der Waals surface area contributed by atoms with Crippen molar-refractivity contribution in [2.45, 2.75) is 46.3 Å². The Bertz CT molecular complexity index is 273. The van der Waals surface area contributed by atoms with Gasteiger partial charge in [0.25, 0.3) is 0 Å². The second kappa shape index (κ2) is 6.41. The zero-order chi connectivity index (χ0) is 13.6. The van der Waals surface area contributed by atoms with Gasteiger partial charge in [0.15, 0.2) is 0 Å². The molecule has 0 radical (unpaired) electrons. The fraction of sp³-hybridized carbons (Fsp3) is 0.800. The van der Waals surface area contributed by atoms with Crippen LogP contribution in [0.25, 0.3) is 0 Å². The Morgan fingerprint density at radius 3 is 2.12 bits per heavy atom. The molecular formula is C10H21N3O4. The average Bonchev–Trinajstić information content (AvgIpc) is 2.07. The second-order valence-electron chi connectivity index (χ2n) is 4.96. The number of hydrazine groups is 2. The molecule has 0 unspecified atom stereocenters. The maximum absolute atomic E-state index is 11.2. The van der Waals surface area contributed by atoms with E-state index in [1.807, 2.05) is 0 Å². The van der Waals surface area contributed by atoms with Gasteiger partial charge in [-0.2, -0.15) is 5.53 Å². The summed E-state index contributed by atoms with van der Waals surface area (Å²) in [7, 11) is 0. The Kier molecular flexibility index (Phi) is 5.90. The lowest BCUT2D eigenvalue weighted by molar-refractivity contribution is -0.141. The summed E-state index contributed by atoms with van der Waals surface area (Å²) in [6, 6.07) is -0.801. The lowest BCUT2D eigenvalue weighted by Gasteiger charge is -2.22. The standard InChI is InChI=1S/C10H21N3O4/c1-6(2)7(8(14)15)11-13-12-9(16)17-10(3,4)5/h6-7,11,13H,1-5H3,(H,12,16)(H,14,15)/t7-/m0/s1. The SMILES string of the molecule is CC(C)[C@H](NNNC(=O)OC(C)(C)C)C(=O)O. The highest BCUT2D eigenvalue weighted by Gasteiger charge is 2.21. The van der Waals surface area contributed by atoms with Gasteiger partial charge in [-0.3, -0.25) is 4.79 Å². The van der Waals surface area contributed by atoms with Crippen LogP contribution in [-0.4, -0.2) is 28.8 Å². The van der Waals surface area contributed by atoms with Gasteiger partial charge < -0.3 is 9.84 Å². The van der Waals surface area contributed by atoms with Crippen LogP contribution in [0.15, 0.2) is 0 Å². The van der Waals surface area contributed by atoms with E-state index < -0.39 is 23.7 Å². The molecule has 1 atom stereocenters. The fourth-order valence-corrected chi connectivity index (χ4v) is 0.982. The molecule has 0 fully saturated rings. The topological polar surface area (TPSA) is 99.7 Å². The number of carboxylic acid groups (broad SMARTS) is 1. The molecule has 0 spiro atoms. The summed E-state index contributed by atoms with van der Waals surface area (Å²) in [6.45, 7) is 8.69. The van der Waals surface area contributed by atoms with Gasteiger partial charge in [-0.1, -0.05) is 13.8 Å². The monoisotopic (exact) mass is 247 g/mol. The lowest BCUT2D eigenvalue weighted by Crippen LogP contribution is -2.55. The van der Waals surface area contributed by atoms with E-state index in [-0.39, 0.29) is 5.92 Å². The number of hydrogen-bond donors (Lipinski definition) is 4. The van der Waals surface area contributed by atoms with Crippen LogP contribution in [0, 0.1) is 5.92 Å². The van der Waals surface area contributed by atoms with E-state index in [0.717, 1.165) is 0 Å². The summed E-state index contributed by atoms with van der Waals surface area (Å²) in [4.78, 5) is 22.0. The van der Waals surface area contributed by atoms with Crippen LogP contribution in [-0.2, 0) is 9.53 Å². The number of amides is 1. The summed E-state index contributed by atoms with van der Waals surface area (Å²) < 4.78 is 4.94. The molecule has 7 heteroatoms. The van der Waals surface area contributed by atoms with Crippen molar-refractivity contribution in [1.82, 2.24) is 16.4 Å². The van der Waals surface area contributed by atoms with Gasteiger partial charge >= 0.3 is 12.1 Å². The average molecular weight is 247 g/mol. The zero-order valence-corrected chi connectivity index (χ0v) is 10.8. The number of rotatable bonds is 5. The zero-order valence-electron chi connectivity index (χ0n) is 10.8. The quantitative estimate of drug-likeness (QED) is 0.532. The van der Waals surface area contributed by atoms with Crippen molar-refractivity contribution in [2.24, 2.45) is 5.92 Å². The first-order valence-electron chi connectivity index (χ1n) is 5.36. The number of carbonyl (C=O) groups excluding carboxylic acids is 1. The van der Waals surface area contributed by atoms with Gasteiger partial charge in [-0.25, -0.2) is 15.6 Å². The Morgan fingerprint density at radius 2 is 1.76 bits per heavy atom. The number of carbonyl (C=O) groups is 2. The molecule has 0 aromatic heterocycles. The third kappa shape index (κ3) is 7.53. The fourth-order valence-electron chi connectivity index (χ4n) is 0.982. The van der Waals surface area contributed by atoms with Gasteiger partial charge in [0.05, 0.1) is 0 Å². The number of nitrogens with one attached hydrogen (secondary N) is 3. The van der Waals surface area contributed by atoms with Crippen LogP contribution in [0.2, 0.25) is 0 Å². The molecule has 0 aliphatic heterocycles. The van der Waals surface area contributed by atoms with E-state index in [1.165, 1.54) is 0 Å². The first-order valence-corrected chi connectivity index (χ1v) is 5.36. The van der Waals surface area contributed by atoms with Crippen molar-refractivity contribution in [3.8, 4) is 0 Å². The maximum Gasteiger partial charge on any atom is 0.423 e. The molecule has 0 saturated heterocycles. The van der Waals surface area contributed by atoms with E-state index in [9.17, 15) is 9.59 Å². The van der Waals surface area contributed by atoms with E-state index in [1.54, 1.807) is 34.6 Å². The van der Waals surface area contributed by atoms with Gasteiger partial charge in [-0.05, 0) is 26.7 Å². The Hall–Kier alpha value is -1.34. The van der Waals surface area contributed by atoms with Crippen molar-refractivity contribution >= 4 is 12.1 Å². The largest absolute Gasteiger partial charge is 0.480 e. The molecule has 0 aliphatic carbocycles. The Labute approximate surface area is 101 Å². The van der Waals surface area contributed by atoms with Crippen LogP contribution in [0.1, 0.15) is 34.6 Å². The van der Waals surface area contributed by atoms with Crippen molar-refractivity contribution in [1.29, 1.82) is 0 Å². The molecule has 1 amide bonds. The highest BCUT2D eigenvalue weighted by Crippen LogP contribution is 2.05. The van der Waals surface area contributed by atoms with Gasteiger partial charge in [0.2, 0.25) is 0 Å². The Morgan fingerprint density at radius 1 is 1.24 bits per heavy atom. The number of ether oxygens (including phenoxy) is 1. The molecule has 0 aliphatic rings. The summed E-state index contributed by atoms with van der Waals surface area (Å²) in [5, 5.41) is 8.85. The first kappa shape index (κ1) is 15.7. The van der Waals surface area contributed by atoms with Gasteiger partial charge in [-0.15, -0.1) is 0 Å². The molecule has 17 heavy (non-hydrogen) atoms. The van der Waals surface area contributed by atoms with Gasteiger partial charge in [0, 0.05) is 0 Å². The smallest absolute Gasteiger partial charge is 0.423 e. The summed E-state index contributed by atoms with van der Waals surface area (Å²) in [5.74, 6) is -1.13. The minimum atomic E-state index is -1.00. The third-order valence-electron chi connectivity index (χ3n) is 1.72. The van der Waals surface area contributed by atoms with Crippen LogP contribution < -0.4 is 16.4 Å². The summed E-state index contributed by atoms with van der Waals surface area (Å²) in [5.41, 5.74) is 6.38. The predicted octanol–water partition coefficient (Wildman–Crippen LogP) is 0.630. The van der Waals surface area contributed by atoms with Crippen molar-refractivity contribution in [3.05, 3.63) is 0 Å². The first-order chi connectivity index (χ1) is 7.63. The second-order valence-corrected chi connectivity index (χ2v) is 4.96. The molecule has 7 nitrogen and oxygen atoms in total. The maximum atomic E-state index is 11.2. The molecule has 0 rings (SSSR count). The minimum Gasteiger partial charge on any atom is -0.480 e. The van der Waals surface area contributed by atoms with Gasteiger partial charge in [0.1, 0.15) is 11.6 Å². The van der Waals surface area contributed by atoms with Crippen LogP contribution in [0.3, 0.4) is 0 Å². The molecule has 0 heterocycles. The van der Waals surface area contributed by atoms with Crippen molar-refractivity contribution < 1.29 is 19.4 Å². The number of carboxylic acids is 1. The number of hydrogen-bond acceptors (Lipinski definition) is 5. The van der Waals surface area contributed by atoms with Crippen LogP contribution >= 0.6 is 0 Å².